The van der Waals surface area contributed by atoms with Crippen LogP contribution in [-0.2, 0) is 14.0 Å². The molecule has 0 aromatic carbocycles. The molecule has 1 heterocycles. The highest BCUT2D eigenvalue weighted by atomic mass is 32.2. The predicted molar refractivity (Wildman–Crippen MR) is 106 cm³/mol. The van der Waals surface area contributed by atoms with Gasteiger partial charge in [-0.05, 0) is 36.7 Å². The summed E-state index contributed by atoms with van der Waals surface area (Å²) in [6.07, 6.45) is -0.209. The Morgan fingerprint density at radius 1 is 1.29 bits per heavy atom. The Morgan fingerprint density at radius 2 is 1.88 bits per heavy atom. The summed E-state index contributed by atoms with van der Waals surface area (Å²) >= 11 is 1.73. The molecule has 0 spiro atoms. The van der Waals surface area contributed by atoms with E-state index in [4.69, 9.17) is 14.2 Å². The molecule has 0 fully saturated rings. The van der Waals surface area contributed by atoms with E-state index in [1.807, 2.05) is 6.92 Å². The molecule has 0 saturated heterocycles. The molecule has 140 valence electrons. The summed E-state index contributed by atoms with van der Waals surface area (Å²) in [6.45, 7) is 19.8. The van der Waals surface area contributed by atoms with Crippen molar-refractivity contribution < 1.29 is 14.0 Å². The number of aliphatic imine (C=N–C) groups is 1. The van der Waals surface area contributed by atoms with Crippen LogP contribution in [-0.4, -0.2) is 43.8 Å². The molecule has 0 amide bonds. The minimum atomic E-state index is -2.01. The van der Waals surface area contributed by atoms with E-state index in [9.17, 15) is 4.79 Å². The molecular formula is C18H35NO3SSi. The molecule has 0 aromatic heterocycles. The smallest absolute Gasteiger partial charge is 0.333 e. The monoisotopic (exact) mass is 373 g/mol. The van der Waals surface area contributed by atoms with Crippen molar-refractivity contribution in [2.24, 2.45) is 16.8 Å². The fraction of sp³-hybridized carbons (Fsp3) is 0.889. The van der Waals surface area contributed by atoms with Crippen LogP contribution >= 0.6 is 11.8 Å². The van der Waals surface area contributed by atoms with E-state index < -0.39 is 14.4 Å². The molecule has 0 aromatic rings. The Kier molecular flexibility index (Phi) is 7.57. The van der Waals surface area contributed by atoms with Gasteiger partial charge in [-0.25, -0.2) is 4.79 Å². The second kappa shape index (κ2) is 8.36. The maximum atomic E-state index is 12.5. The van der Waals surface area contributed by atoms with Gasteiger partial charge in [-0.15, -0.1) is 11.8 Å². The SMILES string of the molecule is CCOC(=O)[C@H]1N=C(SCC)[C@H](C(C)C)[C@@H]1O[Si](C)(C)C(C)(C)C. The van der Waals surface area contributed by atoms with Crippen LogP contribution in [0.2, 0.25) is 18.1 Å². The van der Waals surface area contributed by atoms with E-state index in [1.54, 1.807) is 11.8 Å². The number of rotatable bonds is 6. The van der Waals surface area contributed by atoms with Gasteiger partial charge >= 0.3 is 5.97 Å². The first-order valence-electron chi connectivity index (χ1n) is 9.01. The Labute approximate surface area is 153 Å². The third kappa shape index (κ3) is 4.85. The van der Waals surface area contributed by atoms with Crippen LogP contribution in [0.15, 0.2) is 4.99 Å². The molecular weight excluding hydrogens is 338 g/mol. The van der Waals surface area contributed by atoms with Gasteiger partial charge in [0.25, 0.3) is 0 Å². The van der Waals surface area contributed by atoms with Crippen molar-refractivity contribution in [2.75, 3.05) is 12.4 Å². The molecule has 0 N–H and O–H groups in total. The lowest BCUT2D eigenvalue weighted by Gasteiger charge is -2.41. The van der Waals surface area contributed by atoms with Crippen LogP contribution in [0.5, 0.6) is 0 Å². The van der Waals surface area contributed by atoms with Gasteiger partial charge in [0.05, 0.1) is 17.8 Å². The van der Waals surface area contributed by atoms with Gasteiger partial charge in [-0.3, -0.25) is 4.99 Å². The quantitative estimate of drug-likeness (QED) is 0.498. The summed E-state index contributed by atoms with van der Waals surface area (Å²) in [5.41, 5.74) is 0. The molecule has 0 radical (unpaired) electrons. The highest BCUT2D eigenvalue weighted by Crippen LogP contribution is 2.42. The summed E-state index contributed by atoms with van der Waals surface area (Å²) in [4.78, 5) is 17.3. The van der Waals surface area contributed by atoms with Crippen molar-refractivity contribution in [2.45, 2.75) is 78.7 Å². The third-order valence-corrected chi connectivity index (χ3v) is 10.4. The predicted octanol–water partition coefficient (Wildman–Crippen LogP) is 4.75. The van der Waals surface area contributed by atoms with Gasteiger partial charge in [0.1, 0.15) is 0 Å². The van der Waals surface area contributed by atoms with Crippen LogP contribution in [0.4, 0.5) is 0 Å². The zero-order valence-corrected chi connectivity index (χ0v) is 18.6. The first-order valence-corrected chi connectivity index (χ1v) is 12.9. The van der Waals surface area contributed by atoms with Crippen molar-refractivity contribution >= 4 is 31.1 Å². The van der Waals surface area contributed by atoms with Gasteiger partial charge in [0.2, 0.25) is 0 Å². The second-order valence-corrected chi connectivity index (χ2v) is 14.3. The number of carbonyl (C=O) groups excluding carboxylic acids is 1. The lowest BCUT2D eigenvalue weighted by Crippen LogP contribution is -2.50. The standard InChI is InChI=1S/C18H35NO3SSi/c1-10-21-17(20)14-15(22-24(8,9)18(5,6)7)13(12(3)4)16(19-14)23-11-2/h12-15H,10-11H2,1-9H3/t13-,14+,15+/m1/s1. The molecule has 1 aliphatic rings. The summed E-state index contributed by atoms with van der Waals surface area (Å²) in [6, 6.07) is -0.527. The van der Waals surface area contributed by atoms with Gasteiger partial charge in [-0.1, -0.05) is 41.5 Å². The van der Waals surface area contributed by atoms with E-state index in [1.165, 1.54) is 0 Å². The number of nitrogens with zero attached hydrogens (tertiary/aromatic N) is 1. The second-order valence-electron chi connectivity index (χ2n) is 8.21. The van der Waals surface area contributed by atoms with E-state index in [0.717, 1.165) is 10.8 Å². The maximum absolute atomic E-state index is 12.5. The van der Waals surface area contributed by atoms with Crippen molar-refractivity contribution in [3.63, 3.8) is 0 Å². The maximum Gasteiger partial charge on any atom is 0.333 e. The Bertz CT molecular complexity index is 471. The average Bonchev–Trinajstić information content (AvgIpc) is 2.76. The molecule has 1 rings (SSSR count). The molecule has 0 saturated carbocycles. The van der Waals surface area contributed by atoms with E-state index >= 15 is 0 Å². The van der Waals surface area contributed by atoms with Gasteiger partial charge < -0.3 is 9.16 Å². The van der Waals surface area contributed by atoms with Crippen LogP contribution in [0, 0.1) is 11.8 Å². The topological polar surface area (TPSA) is 47.9 Å². The number of carbonyl (C=O) groups is 1. The van der Waals surface area contributed by atoms with Crippen molar-refractivity contribution in [1.29, 1.82) is 0 Å². The highest BCUT2D eigenvalue weighted by Gasteiger charge is 2.50. The highest BCUT2D eigenvalue weighted by molar-refractivity contribution is 8.14. The molecule has 0 aliphatic carbocycles. The summed E-state index contributed by atoms with van der Waals surface area (Å²) in [7, 11) is -2.01. The zero-order valence-electron chi connectivity index (χ0n) is 16.8. The number of ether oxygens (including phenoxy) is 1. The van der Waals surface area contributed by atoms with Gasteiger partial charge in [0, 0.05) is 5.92 Å². The van der Waals surface area contributed by atoms with E-state index in [2.05, 4.69) is 54.6 Å². The molecule has 0 bridgehead atoms. The summed E-state index contributed by atoms with van der Waals surface area (Å²) in [5.74, 6) is 1.23. The van der Waals surface area contributed by atoms with Gasteiger partial charge in [-0.2, -0.15) is 0 Å². The zero-order chi connectivity index (χ0) is 18.7. The van der Waals surface area contributed by atoms with Crippen molar-refractivity contribution in [3.8, 4) is 0 Å². The van der Waals surface area contributed by atoms with E-state index in [-0.39, 0.29) is 23.0 Å². The van der Waals surface area contributed by atoms with Crippen LogP contribution in [0.25, 0.3) is 0 Å². The number of hydrogen-bond donors (Lipinski definition) is 0. The third-order valence-electron chi connectivity index (χ3n) is 4.99. The van der Waals surface area contributed by atoms with Crippen LogP contribution < -0.4 is 0 Å². The average molecular weight is 374 g/mol. The normalized spacial score (nSPS) is 25.1. The fourth-order valence-electron chi connectivity index (χ4n) is 2.65. The lowest BCUT2D eigenvalue weighted by molar-refractivity contribution is -0.147. The first kappa shape index (κ1) is 21.7. The van der Waals surface area contributed by atoms with Gasteiger partial charge in [0.15, 0.2) is 14.4 Å². The Balaban J connectivity index is 3.20. The number of thioether (sulfide) groups is 1. The lowest BCUT2D eigenvalue weighted by atomic mass is 9.90. The van der Waals surface area contributed by atoms with Crippen LogP contribution in [0.3, 0.4) is 0 Å². The molecule has 24 heavy (non-hydrogen) atoms. The summed E-state index contributed by atoms with van der Waals surface area (Å²) < 4.78 is 12.0. The molecule has 1 aliphatic heterocycles. The molecule has 0 unspecified atom stereocenters. The Hall–Kier alpha value is -0.333. The fourth-order valence-corrected chi connectivity index (χ4v) is 5.04. The largest absolute Gasteiger partial charge is 0.464 e. The summed E-state index contributed by atoms with van der Waals surface area (Å²) in [5, 5.41) is 1.14. The number of hydrogen-bond acceptors (Lipinski definition) is 5. The molecule has 3 atom stereocenters. The van der Waals surface area contributed by atoms with Crippen molar-refractivity contribution in [1.82, 2.24) is 0 Å². The first-order chi connectivity index (χ1) is 11.0. The van der Waals surface area contributed by atoms with Crippen LogP contribution in [0.1, 0.15) is 48.5 Å². The number of esters is 1. The Morgan fingerprint density at radius 3 is 2.29 bits per heavy atom. The molecule has 4 nitrogen and oxygen atoms in total. The minimum Gasteiger partial charge on any atom is -0.464 e. The van der Waals surface area contributed by atoms with Crippen molar-refractivity contribution in [3.05, 3.63) is 0 Å². The van der Waals surface area contributed by atoms with E-state index in [0.29, 0.717) is 12.5 Å². The minimum absolute atomic E-state index is 0.0917. The molecule has 6 heteroatoms.